The summed E-state index contributed by atoms with van der Waals surface area (Å²) in [5, 5.41) is 4.85. The van der Waals surface area contributed by atoms with E-state index < -0.39 is 0 Å². The van der Waals surface area contributed by atoms with Crippen molar-refractivity contribution in [2.45, 2.75) is 19.0 Å². The fourth-order valence-corrected chi connectivity index (χ4v) is 2.06. The third-order valence-corrected chi connectivity index (χ3v) is 3.01. The van der Waals surface area contributed by atoms with Gasteiger partial charge in [0.15, 0.2) is 0 Å². The van der Waals surface area contributed by atoms with Crippen LogP contribution in [0.4, 0.5) is 0 Å². The Morgan fingerprint density at radius 3 is 2.87 bits per heavy atom. The molecule has 1 saturated heterocycles. The summed E-state index contributed by atoms with van der Waals surface area (Å²) in [7, 11) is 1.91. The average molecular weight is 251 g/mol. The van der Waals surface area contributed by atoms with E-state index >= 15 is 0 Å². The second-order valence-electron chi connectivity index (χ2n) is 3.85. The molecule has 15 heavy (non-hydrogen) atoms. The van der Waals surface area contributed by atoms with Crippen LogP contribution in [-0.4, -0.2) is 33.8 Å². The molecule has 0 amide bonds. The van der Waals surface area contributed by atoms with Gasteiger partial charge < -0.3 is 5.73 Å². The molecule has 1 atom stereocenters. The highest BCUT2D eigenvalue weighted by Gasteiger charge is 2.20. The number of hydrogen-bond donors (Lipinski definition) is 1. The van der Waals surface area contributed by atoms with E-state index in [1.807, 2.05) is 11.7 Å². The number of aromatic nitrogens is 2. The summed E-state index contributed by atoms with van der Waals surface area (Å²) in [5.74, 6) is 0. The Morgan fingerprint density at radius 1 is 1.67 bits per heavy atom. The summed E-state index contributed by atoms with van der Waals surface area (Å²) < 4.78 is 1.83. The molecule has 0 bridgehead atoms. The van der Waals surface area contributed by atoms with Crippen LogP contribution in [0.25, 0.3) is 0 Å². The van der Waals surface area contributed by atoms with Crippen molar-refractivity contribution in [3.8, 4) is 0 Å². The van der Waals surface area contributed by atoms with Gasteiger partial charge in [-0.25, -0.2) is 0 Å². The van der Waals surface area contributed by atoms with Crippen LogP contribution < -0.4 is 5.73 Å². The lowest BCUT2D eigenvalue weighted by atomic mass is 10.3. The summed E-state index contributed by atoms with van der Waals surface area (Å²) >= 11 is 6.02. The maximum Gasteiger partial charge on any atom is 0.0831 e. The van der Waals surface area contributed by atoms with E-state index in [1.54, 1.807) is 6.20 Å². The lowest BCUT2D eigenvalue weighted by Gasteiger charge is -2.15. The SMILES string of the molecule is Cl.Cn1ncc(Cl)c1CN1CC[C@@H](N)C1. The number of hydrogen-bond acceptors (Lipinski definition) is 3. The first-order valence-corrected chi connectivity index (χ1v) is 5.19. The van der Waals surface area contributed by atoms with Crippen molar-refractivity contribution in [2.75, 3.05) is 13.1 Å². The number of nitrogens with zero attached hydrogens (tertiary/aromatic N) is 3. The van der Waals surface area contributed by atoms with Gasteiger partial charge in [0.1, 0.15) is 0 Å². The standard InChI is InChI=1S/C9H15ClN4.ClH/c1-13-9(8(10)4-12-13)6-14-3-2-7(11)5-14;/h4,7H,2-3,5-6,11H2,1H3;1H/t7-;/m1./s1. The van der Waals surface area contributed by atoms with Gasteiger partial charge in [0.25, 0.3) is 0 Å². The maximum absolute atomic E-state index is 6.02. The summed E-state index contributed by atoms with van der Waals surface area (Å²) in [6.07, 6.45) is 2.77. The van der Waals surface area contributed by atoms with Gasteiger partial charge >= 0.3 is 0 Å². The number of aryl methyl sites for hydroxylation is 1. The molecule has 0 aliphatic carbocycles. The molecule has 2 heterocycles. The van der Waals surface area contributed by atoms with Gasteiger partial charge in [0, 0.05) is 32.7 Å². The highest BCUT2D eigenvalue weighted by molar-refractivity contribution is 6.31. The minimum atomic E-state index is 0. The zero-order valence-electron chi connectivity index (χ0n) is 8.69. The van der Waals surface area contributed by atoms with Crippen molar-refractivity contribution in [3.05, 3.63) is 16.9 Å². The van der Waals surface area contributed by atoms with Crippen LogP contribution in [0.3, 0.4) is 0 Å². The number of rotatable bonds is 2. The molecule has 1 aromatic heterocycles. The Morgan fingerprint density at radius 2 is 2.40 bits per heavy atom. The quantitative estimate of drug-likeness (QED) is 0.853. The van der Waals surface area contributed by atoms with Crippen molar-refractivity contribution < 1.29 is 0 Å². The Bertz CT molecular complexity index is 306. The predicted molar refractivity (Wildman–Crippen MR) is 63.3 cm³/mol. The van der Waals surface area contributed by atoms with E-state index in [2.05, 4.69) is 10.00 Å². The molecule has 2 rings (SSSR count). The first-order valence-electron chi connectivity index (χ1n) is 4.81. The van der Waals surface area contributed by atoms with Crippen LogP contribution >= 0.6 is 24.0 Å². The minimum Gasteiger partial charge on any atom is -0.326 e. The molecular weight excluding hydrogens is 235 g/mol. The van der Waals surface area contributed by atoms with E-state index in [4.69, 9.17) is 17.3 Å². The third kappa shape index (κ3) is 2.84. The minimum absolute atomic E-state index is 0. The van der Waals surface area contributed by atoms with E-state index in [0.717, 1.165) is 36.8 Å². The van der Waals surface area contributed by atoms with E-state index in [0.29, 0.717) is 6.04 Å². The second-order valence-corrected chi connectivity index (χ2v) is 4.25. The van der Waals surface area contributed by atoms with Crippen LogP contribution in [0.1, 0.15) is 12.1 Å². The Labute approximate surface area is 101 Å². The monoisotopic (exact) mass is 250 g/mol. The molecule has 86 valence electrons. The Kier molecular flexibility index (Phi) is 4.40. The van der Waals surface area contributed by atoms with E-state index in [1.165, 1.54) is 0 Å². The highest BCUT2D eigenvalue weighted by Crippen LogP contribution is 2.18. The smallest absolute Gasteiger partial charge is 0.0831 e. The van der Waals surface area contributed by atoms with Crippen LogP contribution in [0.15, 0.2) is 6.20 Å². The molecule has 0 saturated carbocycles. The molecule has 1 fully saturated rings. The molecule has 1 aromatic rings. The zero-order chi connectivity index (χ0) is 10.1. The van der Waals surface area contributed by atoms with Gasteiger partial charge in [-0.3, -0.25) is 9.58 Å². The largest absolute Gasteiger partial charge is 0.326 e. The van der Waals surface area contributed by atoms with Gasteiger partial charge in [-0.15, -0.1) is 12.4 Å². The average Bonchev–Trinajstić information content (AvgIpc) is 2.67. The van der Waals surface area contributed by atoms with E-state index in [-0.39, 0.29) is 12.4 Å². The molecule has 6 heteroatoms. The first-order chi connectivity index (χ1) is 6.66. The van der Waals surface area contributed by atoms with Crippen molar-refractivity contribution in [2.24, 2.45) is 12.8 Å². The zero-order valence-corrected chi connectivity index (χ0v) is 10.3. The molecule has 4 nitrogen and oxygen atoms in total. The van der Waals surface area contributed by atoms with Crippen molar-refractivity contribution >= 4 is 24.0 Å². The van der Waals surface area contributed by atoms with Crippen molar-refractivity contribution in [1.29, 1.82) is 0 Å². The van der Waals surface area contributed by atoms with Crippen LogP contribution in [0, 0.1) is 0 Å². The van der Waals surface area contributed by atoms with E-state index in [9.17, 15) is 0 Å². The summed E-state index contributed by atoms with van der Waals surface area (Å²) in [6.45, 7) is 2.87. The molecular formula is C9H16Cl2N4. The Balaban J connectivity index is 0.00000112. The molecule has 0 aromatic carbocycles. The number of halogens is 2. The predicted octanol–water partition coefficient (Wildman–Crippen LogP) is 1.03. The molecule has 0 unspecified atom stereocenters. The van der Waals surface area contributed by atoms with Crippen LogP contribution in [0.2, 0.25) is 5.02 Å². The fraction of sp³-hybridized carbons (Fsp3) is 0.667. The van der Waals surface area contributed by atoms with Gasteiger partial charge in [-0.2, -0.15) is 5.10 Å². The molecule has 1 aliphatic heterocycles. The third-order valence-electron chi connectivity index (χ3n) is 2.69. The van der Waals surface area contributed by atoms with Gasteiger partial charge in [0.2, 0.25) is 0 Å². The lowest BCUT2D eigenvalue weighted by Crippen LogP contribution is -2.27. The normalized spacial score (nSPS) is 21.7. The Hall–Kier alpha value is -0.290. The second kappa shape index (κ2) is 5.16. The maximum atomic E-state index is 6.02. The van der Waals surface area contributed by atoms with Crippen molar-refractivity contribution in [3.63, 3.8) is 0 Å². The highest BCUT2D eigenvalue weighted by atomic mass is 35.5. The van der Waals surface area contributed by atoms with Crippen molar-refractivity contribution in [1.82, 2.24) is 14.7 Å². The summed E-state index contributed by atoms with van der Waals surface area (Å²) in [4.78, 5) is 2.31. The first kappa shape index (κ1) is 12.8. The topological polar surface area (TPSA) is 47.1 Å². The molecule has 2 N–H and O–H groups in total. The lowest BCUT2D eigenvalue weighted by molar-refractivity contribution is 0.317. The number of nitrogens with two attached hydrogens (primary N) is 1. The molecule has 0 spiro atoms. The number of likely N-dealkylation sites (tertiary alicyclic amines) is 1. The summed E-state index contributed by atoms with van der Waals surface area (Å²) in [5.41, 5.74) is 6.90. The molecule has 0 radical (unpaired) electrons. The van der Waals surface area contributed by atoms with Crippen LogP contribution in [-0.2, 0) is 13.6 Å². The summed E-state index contributed by atoms with van der Waals surface area (Å²) in [6, 6.07) is 0.321. The van der Waals surface area contributed by atoms with Crippen LogP contribution in [0.5, 0.6) is 0 Å². The van der Waals surface area contributed by atoms with Gasteiger partial charge in [0.05, 0.1) is 16.9 Å². The van der Waals surface area contributed by atoms with Gasteiger partial charge in [-0.05, 0) is 6.42 Å². The van der Waals surface area contributed by atoms with Gasteiger partial charge in [-0.1, -0.05) is 11.6 Å². The molecule has 1 aliphatic rings. The fourth-order valence-electron chi connectivity index (χ4n) is 1.83.